The lowest BCUT2D eigenvalue weighted by Gasteiger charge is -2.06. The van der Waals surface area contributed by atoms with E-state index in [1.165, 1.54) is 27.5 Å². The highest BCUT2D eigenvalue weighted by Crippen LogP contribution is 2.39. The van der Waals surface area contributed by atoms with Crippen LogP contribution in [-0.4, -0.2) is 4.98 Å². The number of hydrogen-bond donors (Lipinski definition) is 0. The summed E-state index contributed by atoms with van der Waals surface area (Å²) in [4.78, 5) is 4.81. The summed E-state index contributed by atoms with van der Waals surface area (Å²) in [6.07, 6.45) is 2.32. The lowest BCUT2D eigenvalue weighted by molar-refractivity contribution is 1.02. The summed E-state index contributed by atoms with van der Waals surface area (Å²) in [5.74, 6) is 0. The first kappa shape index (κ1) is 12.6. The van der Waals surface area contributed by atoms with Crippen molar-refractivity contribution in [1.29, 1.82) is 0 Å². The average Bonchev–Trinajstić information content (AvgIpc) is 3.13. The minimum atomic E-state index is 0.767. The molecule has 0 N–H and O–H groups in total. The van der Waals surface area contributed by atoms with Crippen molar-refractivity contribution in [3.8, 4) is 10.6 Å². The summed E-state index contributed by atoms with van der Waals surface area (Å²) >= 11 is 7.81. The predicted molar refractivity (Wildman–Crippen MR) is 95.0 cm³/mol. The molecule has 0 radical (unpaired) electrons. The Balaban J connectivity index is 1.82. The number of nitrogens with zero attached hydrogens (tertiary/aromatic N) is 1. The Morgan fingerprint density at radius 3 is 2.73 bits per heavy atom. The van der Waals surface area contributed by atoms with Gasteiger partial charge in [-0.3, -0.25) is 0 Å². The number of thiazole rings is 1. The highest BCUT2D eigenvalue weighted by molar-refractivity contribution is 7.21. The standard InChI is InChI=1S/C19H12ClNS/c20-13-7-9-16-17(10-13)22-19(21-16)15-8-6-12-5-4-11-2-1-3-14(15)18(11)12/h1-3,6-10H,4-5H2. The molecule has 0 saturated heterocycles. The maximum atomic E-state index is 6.10. The van der Waals surface area contributed by atoms with E-state index in [1.54, 1.807) is 11.3 Å². The smallest absolute Gasteiger partial charge is 0.125 e. The molecule has 5 rings (SSSR count). The molecule has 0 saturated carbocycles. The molecule has 22 heavy (non-hydrogen) atoms. The van der Waals surface area contributed by atoms with Gasteiger partial charge < -0.3 is 0 Å². The van der Waals surface area contributed by atoms with E-state index in [2.05, 4.69) is 30.3 Å². The van der Waals surface area contributed by atoms with E-state index >= 15 is 0 Å². The number of rotatable bonds is 1. The van der Waals surface area contributed by atoms with Gasteiger partial charge in [-0.2, -0.15) is 0 Å². The second-order valence-corrected chi connectivity index (χ2v) is 7.21. The van der Waals surface area contributed by atoms with Gasteiger partial charge in [-0.1, -0.05) is 41.9 Å². The molecule has 0 unspecified atom stereocenters. The molecule has 1 aliphatic carbocycles. The molecule has 0 spiro atoms. The van der Waals surface area contributed by atoms with Crippen LogP contribution in [0.1, 0.15) is 11.1 Å². The molecule has 0 bridgehead atoms. The molecule has 0 aliphatic heterocycles. The fourth-order valence-electron chi connectivity index (χ4n) is 3.45. The molecule has 0 fully saturated rings. The maximum absolute atomic E-state index is 6.10. The quantitative estimate of drug-likeness (QED) is 0.427. The first-order valence-electron chi connectivity index (χ1n) is 7.39. The Morgan fingerprint density at radius 2 is 1.82 bits per heavy atom. The van der Waals surface area contributed by atoms with Crippen LogP contribution in [0.4, 0.5) is 0 Å². The summed E-state index contributed by atoms with van der Waals surface area (Å²) in [7, 11) is 0. The molecule has 106 valence electrons. The van der Waals surface area contributed by atoms with Crippen LogP contribution in [0.25, 0.3) is 31.6 Å². The van der Waals surface area contributed by atoms with E-state index in [1.807, 2.05) is 18.2 Å². The molecule has 3 heteroatoms. The van der Waals surface area contributed by atoms with Gasteiger partial charge in [-0.15, -0.1) is 11.3 Å². The minimum Gasteiger partial charge on any atom is -0.236 e. The van der Waals surface area contributed by atoms with Gasteiger partial charge in [0.1, 0.15) is 5.01 Å². The average molecular weight is 322 g/mol. The van der Waals surface area contributed by atoms with E-state index < -0.39 is 0 Å². The van der Waals surface area contributed by atoms with Crippen molar-refractivity contribution in [2.24, 2.45) is 0 Å². The molecule has 1 nitrogen and oxygen atoms in total. The number of aromatic nitrogens is 1. The number of halogens is 1. The van der Waals surface area contributed by atoms with Gasteiger partial charge in [0.25, 0.3) is 0 Å². The predicted octanol–water partition coefficient (Wildman–Crippen LogP) is 5.87. The maximum Gasteiger partial charge on any atom is 0.125 e. The zero-order valence-electron chi connectivity index (χ0n) is 11.8. The Bertz CT molecular complexity index is 1040. The highest BCUT2D eigenvalue weighted by atomic mass is 35.5. The van der Waals surface area contributed by atoms with Gasteiger partial charge in [0.05, 0.1) is 10.2 Å². The van der Waals surface area contributed by atoms with Crippen LogP contribution in [0.5, 0.6) is 0 Å². The van der Waals surface area contributed by atoms with E-state index in [9.17, 15) is 0 Å². The molecule has 4 aromatic rings. The molecule has 0 amide bonds. The lowest BCUT2D eigenvalue weighted by Crippen LogP contribution is -1.84. The Labute approximate surface area is 137 Å². The van der Waals surface area contributed by atoms with Crippen LogP contribution >= 0.6 is 22.9 Å². The number of benzene rings is 3. The fourth-order valence-corrected chi connectivity index (χ4v) is 4.73. The van der Waals surface area contributed by atoms with Crippen molar-refractivity contribution in [1.82, 2.24) is 4.98 Å². The van der Waals surface area contributed by atoms with Gasteiger partial charge in [-0.05, 0) is 52.9 Å². The minimum absolute atomic E-state index is 0.767. The third-order valence-corrected chi connectivity index (χ3v) is 5.74. The summed E-state index contributed by atoms with van der Waals surface area (Å²) in [6, 6.07) is 17.0. The normalized spacial score (nSPS) is 13.3. The van der Waals surface area contributed by atoms with Gasteiger partial charge in [0, 0.05) is 10.6 Å². The number of fused-ring (bicyclic) bond motifs is 1. The van der Waals surface area contributed by atoms with Crippen LogP contribution < -0.4 is 0 Å². The summed E-state index contributed by atoms with van der Waals surface area (Å²) in [6.45, 7) is 0. The van der Waals surface area contributed by atoms with Gasteiger partial charge in [0.2, 0.25) is 0 Å². The van der Waals surface area contributed by atoms with Crippen molar-refractivity contribution in [3.05, 3.63) is 64.7 Å². The molecule has 0 atom stereocenters. The number of hydrogen-bond acceptors (Lipinski definition) is 2. The Morgan fingerprint density at radius 1 is 0.955 bits per heavy atom. The summed E-state index contributed by atoms with van der Waals surface area (Å²) in [5.41, 5.74) is 5.20. The summed E-state index contributed by atoms with van der Waals surface area (Å²) in [5, 5.41) is 4.62. The molecule has 1 aliphatic rings. The Hall–Kier alpha value is -1.90. The van der Waals surface area contributed by atoms with Crippen molar-refractivity contribution < 1.29 is 0 Å². The van der Waals surface area contributed by atoms with Crippen LogP contribution in [0.3, 0.4) is 0 Å². The second kappa shape index (κ2) is 4.55. The van der Waals surface area contributed by atoms with Crippen molar-refractivity contribution in [2.45, 2.75) is 12.8 Å². The Kier molecular flexibility index (Phi) is 2.61. The summed E-state index contributed by atoms with van der Waals surface area (Å²) < 4.78 is 1.14. The largest absolute Gasteiger partial charge is 0.236 e. The van der Waals surface area contributed by atoms with Crippen molar-refractivity contribution in [2.75, 3.05) is 0 Å². The first-order chi connectivity index (χ1) is 10.8. The third kappa shape index (κ3) is 1.74. The van der Waals surface area contributed by atoms with E-state index in [0.29, 0.717) is 0 Å². The molecule has 1 heterocycles. The molecular formula is C19H12ClNS. The molecule has 3 aromatic carbocycles. The number of aryl methyl sites for hydroxylation is 2. The topological polar surface area (TPSA) is 12.9 Å². The second-order valence-electron chi connectivity index (χ2n) is 5.74. The van der Waals surface area contributed by atoms with Crippen LogP contribution in [0.2, 0.25) is 5.02 Å². The zero-order chi connectivity index (χ0) is 14.7. The van der Waals surface area contributed by atoms with E-state index in [4.69, 9.17) is 16.6 Å². The van der Waals surface area contributed by atoms with Crippen LogP contribution in [0, 0.1) is 0 Å². The first-order valence-corrected chi connectivity index (χ1v) is 8.59. The third-order valence-electron chi connectivity index (χ3n) is 4.46. The van der Waals surface area contributed by atoms with Crippen LogP contribution in [-0.2, 0) is 12.8 Å². The van der Waals surface area contributed by atoms with E-state index in [-0.39, 0.29) is 0 Å². The van der Waals surface area contributed by atoms with Crippen molar-refractivity contribution in [3.63, 3.8) is 0 Å². The van der Waals surface area contributed by atoms with E-state index in [0.717, 1.165) is 33.1 Å². The molecule has 1 aromatic heterocycles. The lowest BCUT2D eigenvalue weighted by atomic mass is 10.0. The van der Waals surface area contributed by atoms with Gasteiger partial charge >= 0.3 is 0 Å². The van der Waals surface area contributed by atoms with Crippen molar-refractivity contribution >= 4 is 43.9 Å². The zero-order valence-corrected chi connectivity index (χ0v) is 13.3. The van der Waals surface area contributed by atoms with Crippen LogP contribution in [0.15, 0.2) is 48.5 Å². The van der Waals surface area contributed by atoms with Gasteiger partial charge in [0.15, 0.2) is 0 Å². The highest BCUT2D eigenvalue weighted by Gasteiger charge is 2.17. The fraction of sp³-hybridized carbons (Fsp3) is 0.105. The monoisotopic (exact) mass is 321 g/mol. The SMILES string of the molecule is Clc1ccc2nc(-c3ccc4c5c(cccc35)CC4)sc2c1. The van der Waals surface area contributed by atoms with Gasteiger partial charge in [-0.25, -0.2) is 4.98 Å². The molecular weight excluding hydrogens is 310 g/mol.